The maximum Gasteiger partial charge on any atom is 0.160 e. The lowest BCUT2D eigenvalue weighted by atomic mass is 10.1. The van der Waals surface area contributed by atoms with E-state index in [0.29, 0.717) is 0 Å². The largest absolute Gasteiger partial charge is 1.00 e. The highest BCUT2D eigenvalue weighted by molar-refractivity contribution is 7.11. The van der Waals surface area contributed by atoms with Crippen molar-refractivity contribution in [3.8, 4) is 11.5 Å². The van der Waals surface area contributed by atoms with Crippen molar-refractivity contribution in [2.75, 3.05) is 20.8 Å². The highest BCUT2D eigenvalue weighted by Crippen LogP contribution is 2.27. The second-order valence-electron chi connectivity index (χ2n) is 4.63. The molecule has 0 atom stereocenters. The molecule has 0 aliphatic rings. The summed E-state index contributed by atoms with van der Waals surface area (Å²) in [6, 6.07) is 10.4. The molecule has 0 radical (unpaired) electrons. The molecular weight excluding hydrogens is 306 g/mol. The summed E-state index contributed by atoms with van der Waals surface area (Å²) in [5.74, 6) is 1.57. The Morgan fingerprint density at radius 1 is 1.05 bits per heavy atom. The van der Waals surface area contributed by atoms with E-state index in [-0.39, 0.29) is 12.4 Å². The Morgan fingerprint density at radius 3 is 2.43 bits per heavy atom. The van der Waals surface area contributed by atoms with E-state index in [2.05, 4.69) is 30.4 Å². The van der Waals surface area contributed by atoms with E-state index >= 15 is 0 Å². The zero-order chi connectivity index (χ0) is 14.4. The third-order valence-corrected chi connectivity index (χ3v) is 4.13. The second-order valence-corrected chi connectivity index (χ2v) is 6.00. The molecule has 0 spiro atoms. The Kier molecular flexibility index (Phi) is 7.57. The normalized spacial score (nSPS) is 10.0. The van der Waals surface area contributed by atoms with Gasteiger partial charge in [-0.15, -0.1) is 11.3 Å². The topological polar surface area (TPSA) is 30.5 Å². The van der Waals surface area contributed by atoms with E-state index in [1.54, 1.807) is 14.2 Å². The molecule has 1 heterocycles. The zero-order valence-corrected chi connectivity index (χ0v) is 14.2. The lowest BCUT2D eigenvalue weighted by molar-refractivity contribution is -0.00000466. The van der Waals surface area contributed by atoms with Gasteiger partial charge in [-0.2, -0.15) is 0 Å². The molecule has 2 rings (SSSR count). The zero-order valence-electron chi connectivity index (χ0n) is 12.6. The molecular formula is C16H21ClNO2S-. The maximum absolute atomic E-state index is 5.31. The minimum Gasteiger partial charge on any atom is -1.00 e. The van der Waals surface area contributed by atoms with Crippen LogP contribution in [0.5, 0.6) is 11.5 Å². The van der Waals surface area contributed by atoms with Crippen molar-refractivity contribution < 1.29 is 21.9 Å². The predicted octanol–water partition coefficient (Wildman–Crippen LogP) is 0.410. The number of halogens is 1. The molecule has 21 heavy (non-hydrogen) atoms. The molecule has 2 aromatic rings. The highest BCUT2D eigenvalue weighted by atomic mass is 35.5. The number of thiophene rings is 1. The first kappa shape index (κ1) is 17.8. The van der Waals surface area contributed by atoms with Crippen LogP contribution in [-0.4, -0.2) is 20.8 Å². The van der Waals surface area contributed by atoms with E-state index in [9.17, 15) is 0 Å². The molecule has 0 aliphatic carbocycles. The highest BCUT2D eigenvalue weighted by Gasteiger charge is 2.04. The van der Waals surface area contributed by atoms with Gasteiger partial charge in [0.25, 0.3) is 0 Å². The summed E-state index contributed by atoms with van der Waals surface area (Å²) in [7, 11) is 3.32. The Labute approximate surface area is 136 Å². The van der Waals surface area contributed by atoms with Crippen LogP contribution in [0.4, 0.5) is 0 Å². The number of ether oxygens (including phenoxy) is 2. The number of rotatable bonds is 7. The minimum atomic E-state index is 0. The van der Waals surface area contributed by atoms with Crippen molar-refractivity contribution in [3.05, 3.63) is 45.6 Å². The molecule has 0 bridgehead atoms. The van der Waals surface area contributed by atoms with Crippen molar-refractivity contribution in [2.45, 2.75) is 19.9 Å². The van der Waals surface area contributed by atoms with Crippen LogP contribution < -0.4 is 27.2 Å². The van der Waals surface area contributed by atoms with Crippen LogP contribution in [0.1, 0.15) is 15.3 Å². The summed E-state index contributed by atoms with van der Waals surface area (Å²) in [6.07, 6.45) is 0.977. The summed E-state index contributed by atoms with van der Waals surface area (Å²) < 4.78 is 10.5. The van der Waals surface area contributed by atoms with Crippen molar-refractivity contribution in [1.82, 2.24) is 5.32 Å². The molecule has 0 unspecified atom stereocenters. The average Bonchev–Trinajstić information content (AvgIpc) is 2.89. The van der Waals surface area contributed by atoms with Gasteiger partial charge in [0.15, 0.2) is 11.5 Å². The fraction of sp³-hybridized carbons (Fsp3) is 0.375. The van der Waals surface area contributed by atoms with Gasteiger partial charge >= 0.3 is 0 Å². The van der Waals surface area contributed by atoms with Crippen LogP contribution >= 0.6 is 11.3 Å². The van der Waals surface area contributed by atoms with E-state index in [0.717, 1.165) is 31.0 Å². The first-order chi connectivity index (χ1) is 9.72. The van der Waals surface area contributed by atoms with Gasteiger partial charge < -0.3 is 27.2 Å². The van der Waals surface area contributed by atoms with Gasteiger partial charge in [0, 0.05) is 16.3 Å². The summed E-state index contributed by atoms with van der Waals surface area (Å²) in [5, 5.41) is 3.47. The van der Waals surface area contributed by atoms with E-state index in [1.165, 1.54) is 15.3 Å². The summed E-state index contributed by atoms with van der Waals surface area (Å²) >= 11 is 1.85. The number of hydrogen-bond acceptors (Lipinski definition) is 4. The Bertz CT molecular complexity index is 557. The van der Waals surface area contributed by atoms with Crippen molar-refractivity contribution in [1.29, 1.82) is 0 Å². The SMILES string of the molecule is COc1ccc(CCNCc2ccc(C)s2)cc1OC.[Cl-]. The standard InChI is InChI=1S/C16H21NO2S.ClH/c1-12-4-6-14(20-12)11-17-9-8-13-5-7-15(18-2)16(10-13)19-3;/h4-7,10,17H,8-9,11H2,1-3H3;1H/p-1. The van der Waals surface area contributed by atoms with Gasteiger partial charge in [0.2, 0.25) is 0 Å². The molecule has 0 fully saturated rings. The number of aryl methyl sites for hydroxylation is 1. The number of hydrogen-bond donors (Lipinski definition) is 1. The van der Waals surface area contributed by atoms with Crippen molar-refractivity contribution >= 4 is 11.3 Å². The first-order valence-electron chi connectivity index (χ1n) is 6.70. The number of benzene rings is 1. The Hall–Kier alpha value is -1.23. The molecule has 1 aromatic carbocycles. The predicted molar refractivity (Wildman–Crippen MR) is 84.0 cm³/mol. The molecule has 5 heteroatoms. The smallest absolute Gasteiger partial charge is 0.160 e. The van der Waals surface area contributed by atoms with Crippen LogP contribution in [0.25, 0.3) is 0 Å². The fourth-order valence-electron chi connectivity index (χ4n) is 2.06. The van der Waals surface area contributed by atoms with Gasteiger partial charge in [0.1, 0.15) is 0 Å². The summed E-state index contributed by atoms with van der Waals surface area (Å²) in [6.45, 7) is 4.02. The Balaban J connectivity index is 0.00000220. The molecule has 0 aliphatic heterocycles. The first-order valence-corrected chi connectivity index (χ1v) is 7.51. The third-order valence-electron chi connectivity index (χ3n) is 3.13. The maximum atomic E-state index is 5.31. The molecule has 1 N–H and O–H groups in total. The number of methoxy groups -OCH3 is 2. The monoisotopic (exact) mass is 326 g/mol. The number of nitrogens with one attached hydrogen (secondary N) is 1. The van der Waals surface area contributed by atoms with Crippen molar-refractivity contribution in [3.63, 3.8) is 0 Å². The third kappa shape index (κ3) is 5.23. The van der Waals surface area contributed by atoms with Crippen LogP contribution in [-0.2, 0) is 13.0 Å². The second kappa shape index (κ2) is 8.93. The van der Waals surface area contributed by atoms with Gasteiger partial charge in [-0.1, -0.05) is 6.07 Å². The lowest BCUT2D eigenvalue weighted by Crippen LogP contribution is -3.00. The lowest BCUT2D eigenvalue weighted by Gasteiger charge is -2.09. The Morgan fingerprint density at radius 2 is 1.81 bits per heavy atom. The van der Waals surface area contributed by atoms with Crippen molar-refractivity contribution in [2.24, 2.45) is 0 Å². The van der Waals surface area contributed by atoms with Crippen LogP contribution in [0.2, 0.25) is 0 Å². The molecule has 116 valence electrons. The molecule has 1 aromatic heterocycles. The van der Waals surface area contributed by atoms with E-state index < -0.39 is 0 Å². The van der Waals surface area contributed by atoms with Gasteiger partial charge in [-0.3, -0.25) is 0 Å². The summed E-state index contributed by atoms with van der Waals surface area (Å²) in [4.78, 5) is 2.75. The van der Waals surface area contributed by atoms with Crippen LogP contribution in [0, 0.1) is 6.92 Å². The minimum absolute atomic E-state index is 0. The molecule has 0 amide bonds. The fourth-order valence-corrected chi connectivity index (χ4v) is 2.92. The van der Waals surface area contributed by atoms with Gasteiger partial charge in [0.05, 0.1) is 14.2 Å². The average molecular weight is 327 g/mol. The molecule has 0 saturated heterocycles. The van der Waals surface area contributed by atoms with Crippen LogP contribution in [0.3, 0.4) is 0 Å². The van der Waals surface area contributed by atoms with Gasteiger partial charge in [-0.05, 0) is 49.7 Å². The molecule has 0 saturated carbocycles. The van der Waals surface area contributed by atoms with E-state index in [4.69, 9.17) is 9.47 Å². The van der Waals surface area contributed by atoms with Gasteiger partial charge in [-0.25, -0.2) is 0 Å². The quantitative estimate of drug-likeness (QED) is 0.748. The van der Waals surface area contributed by atoms with Crippen LogP contribution in [0.15, 0.2) is 30.3 Å². The summed E-state index contributed by atoms with van der Waals surface area (Å²) in [5.41, 5.74) is 1.25. The van der Waals surface area contributed by atoms with E-state index in [1.807, 2.05) is 23.5 Å². The molecule has 3 nitrogen and oxygen atoms in total.